The molecule has 4 aromatic rings. The number of benzene rings is 2. The summed E-state index contributed by atoms with van der Waals surface area (Å²) in [5.41, 5.74) is 2.87. The molecule has 0 aliphatic carbocycles. The summed E-state index contributed by atoms with van der Waals surface area (Å²) in [4.78, 5) is 4.69. The van der Waals surface area contributed by atoms with Crippen LogP contribution in [-0.2, 0) is 12.3 Å². The molecule has 0 unspecified atom stereocenters. The number of fused-ring (bicyclic) bond motifs is 1. The molecule has 0 saturated heterocycles. The number of thioether (sulfide) groups is 1. The summed E-state index contributed by atoms with van der Waals surface area (Å²) in [5, 5.41) is 9.77. The normalized spacial score (nSPS) is 11.3. The third-order valence-electron chi connectivity index (χ3n) is 3.83. The van der Waals surface area contributed by atoms with Gasteiger partial charge in [-0.3, -0.25) is 0 Å². The van der Waals surface area contributed by atoms with Crippen molar-refractivity contribution >= 4 is 34.4 Å². The summed E-state index contributed by atoms with van der Waals surface area (Å²) in [5.74, 6) is 1.54. The van der Waals surface area contributed by atoms with Gasteiger partial charge in [0, 0.05) is 6.54 Å². The second kappa shape index (κ2) is 6.90. The zero-order valence-corrected chi connectivity index (χ0v) is 15.1. The van der Waals surface area contributed by atoms with E-state index in [0.717, 1.165) is 28.3 Å². The summed E-state index contributed by atoms with van der Waals surface area (Å²) < 4.78 is 7.94. The molecule has 0 amide bonds. The van der Waals surface area contributed by atoms with Gasteiger partial charge in [0.1, 0.15) is 0 Å². The molecule has 0 saturated carbocycles. The first-order valence-electron chi connectivity index (χ1n) is 7.91. The standard InChI is InChI=1S/C18H15ClN4OS/c1-2-23-15-10-6-5-9-14(15)20-18(23)25-11-16-21-22-17(24-16)12-7-3-4-8-13(12)19/h3-10H,2,11H2,1H3. The molecule has 7 heteroatoms. The minimum Gasteiger partial charge on any atom is -0.420 e. The van der Waals surface area contributed by atoms with Crippen LogP contribution in [0.1, 0.15) is 12.8 Å². The molecule has 0 fully saturated rings. The molecule has 4 rings (SSSR count). The van der Waals surface area contributed by atoms with Crippen LogP contribution < -0.4 is 0 Å². The topological polar surface area (TPSA) is 56.7 Å². The smallest absolute Gasteiger partial charge is 0.249 e. The van der Waals surface area contributed by atoms with Gasteiger partial charge >= 0.3 is 0 Å². The average Bonchev–Trinajstić information content (AvgIpc) is 3.24. The summed E-state index contributed by atoms with van der Waals surface area (Å²) in [6.07, 6.45) is 0. The highest BCUT2D eigenvalue weighted by Crippen LogP contribution is 2.29. The molecule has 0 aliphatic rings. The van der Waals surface area contributed by atoms with E-state index >= 15 is 0 Å². The van der Waals surface area contributed by atoms with Gasteiger partial charge in [0.05, 0.1) is 27.4 Å². The van der Waals surface area contributed by atoms with E-state index in [9.17, 15) is 0 Å². The molecule has 0 N–H and O–H groups in total. The molecular weight excluding hydrogens is 356 g/mol. The minimum atomic E-state index is 0.435. The van der Waals surface area contributed by atoms with E-state index in [2.05, 4.69) is 27.8 Å². The number of para-hydroxylation sites is 2. The fraction of sp³-hybridized carbons (Fsp3) is 0.167. The number of hydrogen-bond donors (Lipinski definition) is 0. The van der Waals surface area contributed by atoms with Crippen molar-refractivity contribution < 1.29 is 4.42 Å². The fourth-order valence-electron chi connectivity index (χ4n) is 2.65. The van der Waals surface area contributed by atoms with Gasteiger partial charge in [0.15, 0.2) is 5.16 Å². The van der Waals surface area contributed by atoms with E-state index < -0.39 is 0 Å². The predicted molar refractivity (Wildman–Crippen MR) is 99.7 cm³/mol. The second-order valence-electron chi connectivity index (χ2n) is 5.40. The zero-order valence-electron chi connectivity index (χ0n) is 13.5. The Hall–Kier alpha value is -2.31. The molecular formula is C18H15ClN4OS. The first kappa shape index (κ1) is 16.2. The number of halogens is 1. The van der Waals surface area contributed by atoms with Crippen molar-refractivity contribution in [2.24, 2.45) is 0 Å². The van der Waals surface area contributed by atoms with Crippen molar-refractivity contribution in [3.63, 3.8) is 0 Å². The Morgan fingerprint density at radius 1 is 1.08 bits per heavy atom. The van der Waals surface area contributed by atoms with Crippen molar-refractivity contribution in [3.05, 3.63) is 59.4 Å². The Balaban J connectivity index is 1.56. The Kier molecular flexibility index (Phi) is 4.46. The molecule has 2 aromatic carbocycles. The lowest BCUT2D eigenvalue weighted by Crippen LogP contribution is -1.96. The molecule has 25 heavy (non-hydrogen) atoms. The van der Waals surface area contributed by atoms with Gasteiger partial charge in [-0.05, 0) is 31.2 Å². The quantitative estimate of drug-likeness (QED) is 0.460. The number of nitrogens with zero attached hydrogens (tertiary/aromatic N) is 4. The third kappa shape index (κ3) is 3.15. The van der Waals surface area contributed by atoms with Crippen molar-refractivity contribution in [3.8, 4) is 11.5 Å². The summed E-state index contributed by atoms with van der Waals surface area (Å²) in [7, 11) is 0. The maximum atomic E-state index is 6.18. The van der Waals surface area contributed by atoms with Gasteiger partial charge in [-0.2, -0.15) is 0 Å². The fourth-order valence-corrected chi connectivity index (χ4v) is 3.78. The summed E-state index contributed by atoms with van der Waals surface area (Å²) in [6, 6.07) is 15.6. The highest BCUT2D eigenvalue weighted by atomic mass is 35.5. The van der Waals surface area contributed by atoms with Crippen LogP contribution in [0.15, 0.2) is 58.1 Å². The van der Waals surface area contributed by atoms with E-state index in [1.54, 1.807) is 17.8 Å². The lowest BCUT2D eigenvalue weighted by atomic mass is 10.2. The van der Waals surface area contributed by atoms with Gasteiger partial charge < -0.3 is 8.98 Å². The molecule has 2 aromatic heterocycles. The molecule has 0 aliphatic heterocycles. The molecule has 0 bridgehead atoms. The molecule has 126 valence electrons. The van der Waals surface area contributed by atoms with Crippen LogP contribution in [0.3, 0.4) is 0 Å². The molecule has 2 heterocycles. The summed E-state index contributed by atoms with van der Waals surface area (Å²) >= 11 is 7.77. The van der Waals surface area contributed by atoms with Crippen molar-refractivity contribution in [2.45, 2.75) is 24.4 Å². The van der Waals surface area contributed by atoms with E-state index in [1.165, 1.54) is 0 Å². The van der Waals surface area contributed by atoms with Crippen LogP contribution >= 0.6 is 23.4 Å². The molecule has 0 radical (unpaired) electrons. The van der Waals surface area contributed by atoms with E-state index in [-0.39, 0.29) is 0 Å². The Morgan fingerprint density at radius 3 is 2.72 bits per heavy atom. The van der Waals surface area contributed by atoms with E-state index in [1.807, 2.05) is 36.4 Å². The molecule has 0 atom stereocenters. The number of rotatable bonds is 5. The third-order valence-corrected chi connectivity index (χ3v) is 5.12. The maximum Gasteiger partial charge on any atom is 0.249 e. The van der Waals surface area contributed by atoms with Gasteiger partial charge in [0.25, 0.3) is 0 Å². The van der Waals surface area contributed by atoms with Crippen LogP contribution in [0.5, 0.6) is 0 Å². The zero-order chi connectivity index (χ0) is 17.2. The molecule has 0 spiro atoms. The van der Waals surface area contributed by atoms with Crippen LogP contribution in [0, 0.1) is 0 Å². The molecule has 5 nitrogen and oxygen atoms in total. The number of aromatic nitrogens is 4. The number of imidazole rings is 1. The van der Waals surface area contributed by atoms with Gasteiger partial charge in [-0.25, -0.2) is 4.98 Å². The van der Waals surface area contributed by atoms with Crippen molar-refractivity contribution in [2.75, 3.05) is 0 Å². The number of aryl methyl sites for hydroxylation is 1. The largest absolute Gasteiger partial charge is 0.420 e. The first-order valence-corrected chi connectivity index (χ1v) is 9.28. The van der Waals surface area contributed by atoms with E-state index in [4.69, 9.17) is 21.0 Å². The van der Waals surface area contributed by atoms with Crippen LogP contribution in [-0.4, -0.2) is 19.7 Å². The van der Waals surface area contributed by atoms with Crippen molar-refractivity contribution in [1.29, 1.82) is 0 Å². The Morgan fingerprint density at radius 2 is 1.88 bits per heavy atom. The second-order valence-corrected chi connectivity index (χ2v) is 6.75. The highest BCUT2D eigenvalue weighted by molar-refractivity contribution is 7.98. The first-order chi connectivity index (χ1) is 12.3. The van der Waals surface area contributed by atoms with Gasteiger partial charge in [0.2, 0.25) is 11.8 Å². The van der Waals surface area contributed by atoms with Gasteiger partial charge in [-0.15, -0.1) is 10.2 Å². The maximum absolute atomic E-state index is 6.18. The van der Waals surface area contributed by atoms with Crippen LogP contribution in [0.25, 0.3) is 22.5 Å². The predicted octanol–water partition coefficient (Wildman–Crippen LogP) is 5.05. The minimum absolute atomic E-state index is 0.435. The van der Waals surface area contributed by atoms with Crippen LogP contribution in [0.4, 0.5) is 0 Å². The monoisotopic (exact) mass is 370 g/mol. The average molecular weight is 371 g/mol. The Bertz CT molecular complexity index is 1030. The van der Waals surface area contributed by atoms with Crippen LogP contribution in [0.2, 0.25) is 5.02 Å². The lowest BCUT2D eigenvalue weighted by Gasteiger charge is -2.03. The summed E-state index contributed by atoms with van der Waals surface area (Å²) in [6.45, 7) is 2.97. The number of hydrogen-bond acceptors (Lipinski definition) is 5. The Labute approximate surface area is 154 Å². The lowest BCUT2D eigenvalue weighted by molar-refractivity contribution is 0.528. The highest BCUT2D eigenvalue weighted by Gasteiger charge is 2.14. The van der Waals surface area contributed by atoms with Gasteiger partial charge in [-0.1, -0.05) is 47.6 Å². The SMILES string of the molecule is CCn1c(SCc2nnc(-c3ccccc3Cl)o2)nc2ccccc21. The van der Waals surface area contributed by atoms with Crippen molar-refractivity contribution in [1.82, 2.24) is 19.7 Å². The van der Waals surface area contributed by atoms with E-state index in [0.29, 0.717) is 22.6 Å².